The largest absolute Gasteiger partial charge is 0.481 e. The predicted octanol–water partition coefficient (Wildman–Crippen LogP) is 1.88. The SMILES string of the molecule is Cc1cccc(NC(=O)NCC(=O)NC(C)(C)CCC(=O)O)c1. The fourth-order valence-electron chi connectivity index (χ4n) is 1.96. The molecular weight excluding hydrogens is 298 g/mol. The number of benzene rings is 1. The van der Waals surface area contributed by atoms with Gasteiger partial charge in [-0.15, -0.1) is 0 Å². The molecule has 23 heavy (non-hydrogen) atoms. The van der Waals surface area contributed by atoms with Crippen molar-refractivity contribution in [1.82, 2.24) is 10.6 Å². The summed E-state index contributed by atoms with van der Waals surface area (Å²) >= 11 is 0. The van der Waals surface area contributed by atoms with Crippen LogP contribution in [0.4, 0.5) is 10.5 Å². The highest BCUT2D eigenvalue weighted by atomic mass is 16.4. The zero-order valence-corrected chi connectivity index (χ0v) is 13.6. The third kappa shape index (κ3) is 7.85. The molecular formula is C16H23N3O4. The Hall–Kier alpha value is -2.57. The van der Waals surface area contributed by atoms with Gasteiger partial charge in [-0.3, -0.25) is 9.59 Å². The Morgan fingerprint density at radius 1 is 1.22 bits per heavy atom. The molecule has 0 atom stereocenters. The number of hydrogen-bond acceptors (Lipinski definition) is 3. The average Bonchev–Trinajstić information content (AvgIpc) is 2.43. The number of anilines is 1. The number of urea groups is 1. The molecule has 126 valence electrons. The first kappa shape index (κ1) is 18.5. The Morgan fingerprint density at radius 2 is 1.91 bits per heavy atom. The first-order valence-electron chi connectivity index (χ1n) is 7.32. The second-order valence-electron chi connectivity index (χ2n) is 6.00. The van der Waals surface area contributed by atoms with Crippen LogP contribution >= 0.6 is 0 Å². The number of carbonyl (C=O) groups excluding carboxylic acids is 2. The molecule has 0 radical (unpaired) electrons. The van der Waals surface area contributed by atoms with E-state index in [-0.39, 0.29) is 18.9 Å². The molecule has 0 saturated heterocycles. The van der Waals surface area contributed by atoms with E-state index in [1.165, 1.54) is 0 Å². The molecule has 0 saturated carbocycles. The van der Waals surface area contributed by atoms with Crippen molar-refractivity contribution in [1.29, 1.82) is 0 Å². The van der Waals surface area contributed by atoms with Crippen LogP contribution in [0.2, 0.25) is 0 Å². The lowest BCUT2D eigenvalue weighted by Gasteiger charge is -2.25. The zero-order chi connectivity index (χ0) is 17.5. The van der Waals surface area contributed by atoms with Crippen LogP contribution in [0.5, 0.6) is 0 Å². The molecule has 3 amide bonds. The summed E-state index contributed by atoms with van der Waals surface area (Å²) in [7, 11) is 0. The predicted molar refractivity (Wildman–Crippen MR) is 87.3 cm³/mol. The molecule has 7 nitrogen and oxygen atoms in total. The number of carbonyl (C=O) groups is 3. The van der Waals surface area contributed by atoms with Gasteiger partial charge in [-0.1, -0.05) is 12.1 Å². The van der Waals surface area contributed by atoms with E-state index in [0.29, 0.717) is 12.1 Å². The summed E-state index contributed by atoms with van der Waals surface area (Å²) < 4.78 is 0. The maximum atomic E-state index is 11.8. The highest BCUT2D eigenvalue weighted by Crippen LogP contribution is 2.11. The number of carboxylic acid groups (broad SMARTS) is 1. The molecule has 0 spiro atoms. The molecule has 0 heterocycles. The summed E-state index contributed by atoms with van der Waals surface area (Å²) in [6.07, 6.45) is 0.276. The second-order valence-corrected chi connectivity index (χ2v) is 6.00. The minimum absolute atomic E-state index is 0.0332. The van der Waals surface area contributed by atoms with Gasteiger partial charge in [-0.05, 0) is 44.9 Å². The highest BCUT2D eigenvalue weighted by Gasteiger charge is 2.21. The van der Waals surface area contributed by atoms with E-state index in [9.17, 15) is 14.4 Å². The second kappa shape index (κ2) is 8.17. The number of nitrogens with one attached hydrogen (secondary N) is 3. The van der Waals surface area contributed by atoms with E-state index >= 15 is 0 Å². The van der Waals surface area contributed by atoms with Crippen LogP contribution < -0.4 is 16.0 Å². The van der Waals surface area contributed by atoms with Crippen molar-refractivity contribution in [3.8, 4) is 0 Å². The first-order valence-corrected chi connectivity index (χ1v) is 7.32. The highest BCUT2D eigenvalue weighted by molar-refractivity contribution is 5.92. The van der Waals surface area contributed by atoms with Crippen LogP contribution in [0.15, 0.2) is 24.3 Å². The molecule has 7 heteroatoms. The molecule has 0 aliphatic rings. The summed E-state index contributed by atoms with van der Waals surface area (Å²) in [6.45, 7) is 5.20. The minimum Gasteiger partial charge on any atom is -0.481 e. The zero-order valence-electron chi connectivity index (χ0n) is 13.6. The molecule has 4 N–H and O–H groups in total. The topological polar surface area (TPSA) is 108 Å². The third-order valence-electron chi connectivity index (χ3n) is 3.13. The molecule has 0 unspecified atom stereocenters. The minimum atomic E-state index is -0.914. The van der Waals surface area contributed by atoms with Crippen LogP contribution in [0.1, 0.15) is 32.3 Å². The number of aliphatic carboxylic acids is 1. The summed E-state index contributed by atoms with van der Waals surface area (Å²) in [4.78, 5) is 34.1. The van der Waals surface area contributed by atoms with Gasteiger partial charge in [0, 0.05) is 17.6 Å². The van der Waals surface area contributed by atoms with E-state index < -0.39 is 17.5 Å². The average molecular weight is 321 g/mol. The van der Waals surface area contributed by atoms with Crippen LogP contribution in [-0.2, 0) is 9.59 Å². The van der Waals surface area contributed by atoms with Crippen molar-refractivity contribution in [2.45, 2.75) is 39.2 Å². The maximum absolute atomic E-state index is 11.8. The van der Waals surface area contributed by atoms with Crippen molar-refractivity contribution in [3.63, 3.8) is 0 Å². The van der Waals surface area contributed by atoms with Gasteiger partial charge in [0.25, 0.3) is 0 Å². The fraction of sp³-hybridized carbons (Fsp3) is 0.438. The van der Waals surface area contributed by atoms with Crippen molar-refractivity contribution >= 4 is 23.6 Å². The number of rotatable bonds is 7. The Morgan fingerprint density at radius 3 is 2.52 bits per heavy atom. The Labute approximate surface area is 135 Å². The van der Waals surface area contributed by atoms with E-state index in [4.69, 9.17) is 5.11 Å². The van der Waals surface area contributed by atoms with E-state index in [1.54, 1.807) is 19.9 Å². The van der Waals surface area contributed by atoms with Crippen molar-refractivity contribution in [3.05, 3.63) is 29.8 Å². The molecule has 0 fully saturated rings. The molecule has 0 aliphatic carbocycles. The molecule has 1 aromatic carbocycles. The number of carboxylic acids is 1. The van der Waals surface area contributed by atoms with Crippen LogP contribution in [0.3, 0.4) is 0 Å². The summed E-state index contributed by atoms with van der Waals surface area (Å²) in [5.41, 5.74) is 1.01. The van der Waals surface area contributed by atoms with Gasteiger partial charge >= 0.3 is 12.0 Å². The molecule has 1 rings (SSSR count). The number of aryl methyl sites for hydroxylation is 1. The summed E-state index contributed by atoms with van der Waals surface area (Å²) in [6, 6.07) is 6.82. The first-order chi connectivity index (χ1) is 10.7. The molecule has 0 aromatic heterocycles. The Kier molecular flexibility index (Phi) is 6.56. The van der Waals surface area contributed by atoms with Crippen molar-refractivity contribution in [2.24, 2.45) is 0 Å². The van der Waals surface area contributed by atoms with E-state index in [2.05, 4.69) is 16.0 Å². The number of hydrogen-bond donors (Lipinski definition) is 4. The fourth-order valence-corrected chi connectivity index (χ4v) is 1.96. The standard InChI is InChI=1S/C16H23N3O4/c1-11-5-4-6-12(9-11)18-15(23)17-10-13(20)19-16(2,3)8-7-14(21)22/h4-6,9H,7-8,10H2,1-3H3,(H,19,20)(H,21,22)(H2,17,18,23). The molecule has 0 bridgehead atoms. The van der Waals surface area contributed by atoms with E-state index in [0.717, 1.165) is 5.56 Å². The smallest absolute Gasteiger partial charge is 0.319 e. The van der Waals surface area contributed by atoms with Gasteiger partial charge in [0.15, 0.2) is 0 Å². The van der Waals surface area contributed by atoms with Gasteiger partial charge in [0.1, 0.15) is 0 Å². The molecule has 0 aliphatic heterocycles. The van der Waals surface area contributed by atoms with Crippen molar-refractivity contribution in [2.75, 3.05) is 11.9 Å². The van der Waals surface area contributed by atoms with Gasteiger partial charge in [0.05, 0.1) is 6.54 Å². The van der Waals surface area contributed by atoms with Crippen LogP contribution in [0, 0.1) is 6.92 Å². The van der Waals surface area contributed by atoms with Crippen LogP contribution in [-0.4, -0.2) is 35.1 Å². The lowest BCUT2D eigenvalue weighted by atomic mass is 9.98. The lowest BCUT2D eigenvalue weighted by Crippen LogP contribution is -2.48. The van der Waals surface area contributed by atoms with Gasteiger partial charge in [0.2, 0.25) is 5.91 Å². The Balaban J connectivity index is 2.37. The van der Waals surface area contributed by atoms with Crippen molar-refractivity contribution < 1.29 is 19.5 Å². The van der Waals surface area contributed by atoms with Crippen LogP contribution in [0.25, 0.3) is 0 Å². The summed E-state index contributed by atoms with van der Waals surface area (Å²) in [5.74, 6) is -1.29. The third-order valence-corrected chi connectivity index (χ3v) is 3.13. The van der Waals surface area contributed by atoms with Gasteiger partial charge < -0.3 is 21.1 Å². The maximum Gasteiger partial charge on any atom is 0.319 e. The summed E-state index contributed by atoms with van der Waals surface area (Å²) in [5, 5.41) is 16.5. The van der Waals surface area contributed by atoms with Gasteiger partial charge in [-0.25, -0.2) is 4.79 Å². The monoisotopic (exact) mass is 321 g/mol. The normalized spacial score (nSPS) is 10.7. The Bertz CT molecular complexity index is 584. The quantitative estimate of drug-likeness (QED) is 0.615. The number of amides is 3. The van der Waals surface area contributed by atoms with Gasteiger partial charge in [-0.2, -0.15) is 0 Å². The van der Waals surface area contributed by atoms with E-state index in [1.807, 2.05) is 25.1 Å². The molecule has 1 aromatic rings. The lowest BCUT2D eigenvalue weighted by molar-refractivity contribution is -0.137.